The number of carbonyl (C=O) groups is 2. The first-order valence-electron chi connectivity index (χ1n) is 5.22. The second-order valence-electron chi connectivity index (χ2n) is 4.04. The number of amides is 1. The summed E-state index contributed by atoms with van der Waals surface area (Å²) < 4.78 is 0.545. The zero-order valence-corrected chi connectivity index (χ0v) is 10.5. The average molecular weight is 299 g/mol. The molecule has 0 bridgehead atoms. The summed E-state index contributed by atoms with van der Waals surface area (Å²) in [6, 6.07) is 4.93. The third kappa shape index (κ3) is 2.31. The zero-order chi connectivity index (χ0) is 12.5. The van der Waals surface area contributed by atoms with E-state index in [9.17, 15) is 9.59 Å². The normalized spacial score (nSPS) is 17.0. The smallest absolute Gasteiger partial charge is 0.329 e. The van der Waals surface area contributed by atoms with Crippen LogP contribution in [0.5, 0.6) is 0 Å². The topological polar surface area (TPSA) is 79.3 Å². The summed E-state index contributed by atoms with van der Waals surface area (Å²) in [6.07, 6.45) is 1.77. The van der Waals surface area contributed by atoms with Gasteiger partial charge in [-0.3, -0.25) is 4.79 Å². The van der Waals surface area contributed by atoms with Gasteiger partial charge in [-0.05, 0) is 47.3 Å². The molecular formula is C11H11BrN2O3. The number of nitrogens with zero attached hydrogens (tertiary/aromatic N) is 1. The maximum atomic E-state index is 11.9. The predicted molar refractivity (Wildman–Crippen MR) is 63.6 cm³/mol. The summed E-state index contributed by atoms with van der Waals surface area (Å²) in [6.45, 7) is 0. The van der Waals surface area contributed by atoms with E-state index >= 15 is 0 Å². The third-order valence-corrected chi connectivity index (χ3v) is 3.36. The molecule has 1 fully saturated rings. The number of halogens is 1. The molecule has 0 aromatic carbocycles. The molecule has 1 aliphatic rings. The first-order chi connectivity index (χ1) is 8.03. The fourth-order valence-electron chi connectivity index (χ4n) is 1.74. The van der Waals surface area contributed by atoms with Crippen LogP contribution in [-0.2, 0) is 4.79 Å². The van der Waals surface area contributed by atoms with Gasteiger partial charge in [0.15, 0.2) is 0 Å². The van der Waals surface area contributed by atoms with Crippen LogP contribution in [0.1, 0.15) is 29.8 Å². The van der Waals surface area contributed by atoms with Gasteiger partial charge in [0.2, 0.25) is 0 Å². The van der Waals surface area contributed by atoms with Gasteiger partial charge in [-0.2, -0.15) is 0 Å². The molecule has 0 saturated heterocycles. The fourth-order valence-corrected chi connectivity index (χ4v) is 2.08. The van der Waals surface area contributed by atoms with E-state index < -0.39 is 17.4 Å². The minimum Gasteiger partial charge on any atom is -0.480 e. The number of aromatic nitrogens is 1. The number of nitrogens with one attached hydrogen (secondary N) is 1. The Hall–Kier alpha value is -1.43. The molecule has 1 aromatic rings. The molecule has 5 nitrogen and oxygen atoms in total. The van der Waals surface area contributed by atoms with E-state index in [2.05, 4.69) is 26.2 Å². The van der Waals surface area contributed by atoms with Gasteiger partial charge in [0, 0.05) is 0 Å². The Labute approximate surface area is 106 Å². The lowest BCUT2D eigenvalue weighted by molar-refractivity contribution is -0.148. The molecule has 0 aliphatic heterocycles. The van der Waals surface area contributed by atoms with Gasteiger partial charge in [-0.25, -0.2) is 9.78 Å². The van der Waals surface area contributed by atoms with E-state index in [0.29, 0.717) is 17.4 Å². The summed E-state index contributed by atoms with van der Waals surface area (Å²) >= 11 is 3.16. The highest BCUT2D eigenvalue weighted by molar-refractivity contribution is 9.10. The lowest BCUT2D eigenvalue weighted by Gasteiger charge is -2.38. The lowest BCUT2D eigenvalue weighted by Crippen LogP contribution is -2.59. The molecule has 1 amide bonds. The summed E-state index contributed by atoms with van der Waals surface area (Å²) in [7, 11) is 0. The molecule has 90 valence electrons. The van der Waals surface area contributed by atoms with Gasteiger partial charge >= 0.3 is 5.97 Å². The summed E-state index contributed by atoms with van der Waals surface area (Å²) in [4.78, 5) is 26.9. The Balaban J connectivity index is 2.14. The highest BCUT2D eigenvalue weighted by atomic mass is 79.9. The van der Waals surface area contributed by atoms with Gasteiger partial charge in [0.05, 0.1) is 0 Å². The molecule has 6 heteroatoms. The number of pyridine rings is 1. The van der Waals surface area contributed by atoms with Crippen molar-refractivity contribution >= 4 is 27.8 Å². The highest BCUT2D eigenvalue weighted by Crippen LogP contribution is 2.32. The summed E-state index contributed by atoms with van der Waals surface area (Å²) in [5, 5.41) is 11.6. The Morgan fingerprint density at radius 2 is 2.12 bits per heavy atom. The van der Waals surface area contributed by atoms with Crippen molar-refractivity contribution in [1.29, 1.82) is 0 Å². The highest BCUT2D eigenvalue weighted by Gasteiger charge is 2.45. The molecule has 1 saturated carbocycles. The van der Waals surface area contributed by atoms with Crippen molar-refractivity contribution in [3.8, 4) is 0 Å². The van der Waals surface area contributed by atoms with Gasteiger partial charge in [-0.15, -0.1) is 0 Å². The number of carbonyl (C=O) groups excluding carboxylic acids is 1. The number of aliphatic carboxylic acids is 1. The second kappa shape index (κ2) is 4.44. The summed E-state index contributed by atoms with van der Waals surface area (Å²) in [5.74, 6) is -1.43. The Kier molecular flexibility index (Phi) is 3.15. The number of hydrogen-bond donors (Lipinski definition) is 2. The maximum Gasteiger partial charge on any atom is 0.329 e. The van der Waals surface area contributed by atoms with Crippen molar-refractivity contribution in [2.75, 3.05) is 0 Å². The molecule has 1 aliphatic carbocycles. The number of rotatable bonds is 3. The van der Waals surface area contributed by atoms with Crippen molar-refractivity contribution in [2.45, 2.75) is 24.8 Å². The van der Waals surface area contributed by atoms with Gasteiger partial charge in [-0.1, -0.05) is 6.07 Å². The van der Waals surface area contributed by atoms with Crippen LogP contribution in [0, 0.1) is 0 Å². The van der Waals surface area contributed by atoms with Gasteiger partial charge in [0.1, 0.15) is 15.8 Å². The van der Waals surface area contributed by atoms with Crippen LogP contribution in [0.4, 0.5) is 0 Å². The minimum atomic E-state index is -1.10. The van der Waals surface area contributed by atoms with E-state index in [-0.39, 0.29) is 5.69 Å². The standard InChI is InChI=1S/C11H11BrN2O3/c12-8-4-1-3-7(13-8)9(15)14-11(10(16)17)5-2-6-11/h1,3-4H,2,5-6H2,(H,14,15)(H,16,17). The largest absolute Gasteiger partial charge is 0.480 e. The van der Waals surface area contributed by atoms with E-state index in [1.54, 1.807) is 18.2 Å². The van der Waals surface area contributed by atoms with Crippen molar-refractivity contribution in [1.82, 2.24) is 10.3 Å². The minimum absolute atomic E-state index is 0.215. The molecule has 1 heterocycles. The molecule has 0 atom stereocenters. The SMILES string of the molecule is O=C(NC1(C(=O)O)CCC1)c1cccc(Br)n1. The molecular weight excluding hydrogens is 288 g/mol. The fraction of sp³-hybridized carbons (Fsp3) is 0.364. The molecule has 2 rings (SSSR count). The van der Waals surface area contributed by atoms with Crippen molar-refractivity contribution in [3.05, 3.63) is 28.5 Å². The molecule has 0 unspecified atom stereocenters. The van der Waals surface area contributed by atoms with Crippen molar-refractivity contribution < 1.29 is 14.7 Å². The second-order valence-corrected chi connectivity index (χ2v) is 4.85. The van der Waals surface area contributed by atoms with Crippen LogP contribution < -0.4 is 5.32 Å². The Morgan fingerprint density at radius 3 is 2.59 bits per heavy atom. The van der Waals surface area contributed by atoms with E-state index in [1.807, 2.05) is 0 Å². The van der Waals surface area contributed by atoms with Crippen LogP contribution in [0.3, 0.4) is 0 Å². The van der Waals surface area contributed by atoms with Crippen molar-refractivity contribution in [2.24, 2.45) is 0 Å². The third-order valence-electron chi connectivity index (χ3n) is 2.92. The predicted octanol–water partition coefficient (Wildman–Crippen LogP) is 1.58. The molecule has 17 heavy (non-hydrogen) atoms. The van der Waals surface area contributed by atoms with Gasteiger partial charge < -0.3 is 10.4 Å². The number of carboxylic acid groups (broad SMARTS) is 1. The van der Waals surface area contributed by atoms with E-state index in [4.69, 9.17) is 5.11 Å². The van der Waals surface area contributed by atoms with Crippen LogP contribution >= 0.6 is 15.9 Å². The maximum absolute atomic E-state index is 11.9. The zero-order valence-electron chi connectivity index (χ0n) is 8.94. The first-order valence-corrected chi connectivity index (χ1v) is 6.01. The van der Waals surface area contributed by atoms with Crippen LogP contribution in [0.15, 0.2) is 22.8 Å². The first kappa shape index (κ1) is 12.0. The lowest BCUT2D eigenvalue weighted by atomic mass is 9.76. The van der Waals surface area contributed by atoms with Gasteiger partial charge in [0.25, 0.3) is 5.91 Å². The average Bonchev–Trinajstić information content (AvgIpc) is 2.22. The Bertz CT molecular complexity index is 472. The number of hydrogen-bond acceptors (Lipinski definition) is 3. The van der Waals surface area contributed by atoms with E-state index in [0.717, 1.165) is 6.42 Å². The quantitative estimate of drug-likeness (QED) is 0.831. The molecule has 1 aromatic heterocycles. The van der Waals surface area contributed by atoms with E-state index in [1.165, 1.54) is 0 Å². The van der Waals surface area contributed by atoms with Crippen LogP contribution in [-0.4, -0.2) is 27.5 Å². The Morgan fingerprint density at radius 1 is 1.41 bits per heavy atom. The number of carboxylic acids is 1. The monoisotopic (exact) mass is 298 g/mol. The summed E-state index contributed by atoms with van der Waals surface area (Å²) in [5.41, 5.74) is -0.881. The molecule has 0 spiro atoms. The van der Waals surface area contributed by atoms with Crippen molar-refractivity contribution in [3.63, 3.8) is 0 Å². The molecule has 2 N–H and O–H groups in total. The van der Waals surface area contributed by atoms with Crippen LogP contribution in [0.2, 0.25) is 0 Å². The molecule has 0 radical (unpaired) electrons. The van der Waals surface area contributed by atoms with Crippen LogP contribution in [0.25, 0.3) is 0 Å².